The first-order chi connectivity index (χ1) is 11.6. The fourth-order valence-electron chi connectivity index (χ4n) is 3.25. The Balaban J connectivity index is 2.38. The van der Waals surface area contributed by atoms with Gasteiger partial charge in [0.2, 0.25) is 0 Å². The number of nitrogens with one attached hydrogen (secondary N) is 1. The predicted molar refractivity (Wildman–Crippen MR) is 92.6 cm³/mol. The third kappa shape index (κ3) is 4.36. The highest BCUT2D eigenvalue weighted by Gasteiger charge is 2.28. The number of unbranched alkanes of at least 4 members (excludes halogenated alkanes) is 2. The van der Waals surface area contributed by atoms with E-state index in [1.165, 1.54) is 19.2 Å². The highest BCUT2D eigenvalue weighted by Crippen LogP contribution is 2.41. The van der Waals surface area contributed by atoms with Gasteiger partial charge in [0.25, 0.3) is 5.69 Å². The van der Waals surface area contributed by atoms with Crippen LogP contribution in [0.25, 0.3) is 0 Å². The molecule has 2 rings (SSSR count). The number of methoxy groups -OCH3 is 1. The number of nitro benzene ring substituents is 1. The van der Waals surface area contributed by atoms with Crippen molar-refractivity contribution in [3.63, 3.8) is 0 Å². The van der Waals surface area contributed by atoms with Gasteiger partial charge in [-0.3, -0.25) is 15.0 Å². The summed E-state index contributed by atoms with van der Waals surface area (Å²) in [7, 11) is 1.42. The first-order valence-electron chi connectivity index (χ1n) is 8.58. The molecule has 1 aromatic rings. The minimum Gasteiger partial charge on any atom is -0.504 e. The summed E-state index contributed by atoms with van der Waals surface area (Å²) in [6.45, 7) is 5.64. The van der Waals surface area contributed by atoms with Crippen molar-refractivity contribution < 1.29 is 14.8 Å². The van der Waals surface area contributed by atoms with E-state index in [-0.39, 0.29) is 23.2 Å². The summed E-state index contributed by atoms with van der Waals surface area (Å²) in [6, 6.07) is 2.74. The first-order valence-corrected chi connectivity index (χ1v) is 8.58. The van der Waals surface area contributed by atoms with E-state index in [9.17, 15) is 15.2 Å². The maximum atomic E-state index is 11.2. The number of phenolic OH excluding ortho intramolecular Hbond substituents is 1. The van der Waals surface area contributed by atoms with Crippen LogP contribution in [-0.4, -0.2) is 48.2 Å². The summed E-state index contributed by atoms with van der Waals surface area (Å²) >= 11 is 0. The Morgan fingerprint density at radius 1 is 1.38 bits per heavy atom. The summed E-state index contributed by atoms with van der Waals surface area (Å²) in [6.07, 6.45) is 4.11. The van der Waals surface area contributed by atoms with Crippen molar-refractivity contribution in [3.8, 4) is 11.5 Å². The van der Waals surface area contributed by atoms with Crippen LogP contribution in [0.5, 0.6) is 11.5 Å². The molecule has 1 aliphatic rings. The Bertz CT molecular complexity index is 559. The zero-order valence-corrected chi connectivity index (χ0v) is 14.5. The second-order valence-electron chi connectivity index (χ2n) is 6.14. The predicted octanol–water partition coefficient (Wildman–Crippen LogP) is 2.84. The molecule has 0 amide bonds. The number of non-ortho nitro benzene ring substituents is 1. The van der Waals surface area contributed by atoms with Crippen LogP contribution < -0.4 is 10.1 Å². The smallest absolute Gasteiger partial charge is 0.273 e. The van der Waals surface area contributed by atoms with Crippen molar-refractivity contribution in [3.05, 3.63) is 27.8 Å². The lowest BCUT2D eigenvalue weighted by Crippen LogP contribution is -2.45. The minimum atomic E-state index is -0.438. The Hall–Kier alpha value is -1.86. The van der Waals surface area contributed by atoms with Crippen LogP contribution in [0.1, 0.15) is 44.2 Å². The van der Waals surface area contributed by atoms with Crippen LogP contribution in [0.3, 0.4) is 0 Å². The maximum Gasteiger partial charge on any atom is 0.273 e. The fraction of sp³-hybridized carbons (Fsp3) is 0.647. The van der Waals surface area contributed by atoms with Gasteiger partial charge in [0, 0.05) is 43.9 Å². The van der Waals surface area contributed by atoms with Crippen LogP contribution in [0.4, 0.5) is 5.69 Å². The van der Waals surface area contributed by atoms with Gasteiger partial charge in [0.05, 0.1) is 18.1 Å². The number of hydrogen-bond acceptors (Lipinski definition) is 6. The van der Waals surface area contributed by atoms with E-state index >= 15 is 0 Å². The van der Waals surface area contributed by atoms with Crippen molar-refractivity contribution in [2.45, 2.75) is 38.6 Å². The van der Waals surface area contributed by atoms with E-state index < -0.39 is 4.92 Å². The summed E-state index contributed by atoms with van der Waals surface area (Å²) < 4.78 is 5.15. The molecule has 0 unspecified atom stereocenters. The third-order valence-corrected chi connectivity index (χ3v) is 4.55. The summed E-state index contributed by atoms with van der Waals surface area (Å²) in [5, 5.41) is 25.1. The second kappa shape index (κ2) is 8.84. The molecule has 0 radical (unpaired) electrons. The van der Waals surface area contributed by atoms with Crippen molar-refractivity contribution in [1.29, 1.82) is 0 Å². The molecule has 0 aromatic heterocycles. The van der Waals surface area contributed by atoms with E-state index in [0.29, 0.717) is 5.56 Å². The largest absolute Gasteiger partial charge is 0.504 e. The maximum absolute atomic E-state index is 11.2. The van der Waals surface area contributed by atoms with Gasteiger partial charge in [-0.05, 0) is 6.42 Å². The first kappa shape index (κ1) is 18.5. The average Bonchev–Trinajstić information content (AvgIpc) is 2.60. The van der Waals surface area contributed by atoms with E-state index in [1.54, 1.807) is 0 Å². The zero-order valence-electron chi connectivity index (χ0n) is 14.5. The second-order valence-corrected chi connectivity index (χ2v) is 6.14. The molecule has 2 N–H and O–H groups in total. The topological polar surface area (TPSA) is 87.9 Å². The summed E-state index contributed by atoms with van der Waals surface area (Å²) in [5.74, 6) is 0.179. The lowest BCUT2D eigenvalue weighted by molar-refractivity contribution is -0.385. The van der Waals surface area contributed by atoms with Gasteiger partial charge in [-0.15, -0.1) is 0 Å². The van der Waals surface area contributed by atoms with Crippen LogP contribution >= 0.6 is 0 Å². The molecule has 1 aliphatic heterocycles. The monoisotopic (exact) mass is 337 g/mol. The Morgan fingerprint density at radius 3 is 2.67 bits per heavy atom. The van der Waals surface area contributed by atoms with E-state index in [0.717, 1.165) is 51.9 Å². The van der Waals surface area contributed by atoms with Crippen LogP contribution in [0, 0.1) is 10.1 Å². The standard InChI is InChI=1S/C17H27N3O4/c1-3-4-5-6-15(19-9-7-18-8-10-19)14-11-13(20(22)23)12-16(24-2)17(14)21/h11-12,15,18,21H,3-10H2,1-2H3/t15-/m0/s1. The SMILES string of the molecule is CCCCC[C@@H](c1cc([N+](=O)[O-])cc(OC)c1O)N1CCNCC1. The number of nitro groups is 1. The van der Waals surface area contributed by atoms with Gasteiger partial charge in [-0.25, -0.2) is 0 Å². The van der Waals surface area contributed by atoms with Crippen molar-refractivity contribution in [1.82, 2.24) is 10.2 Å². The molecule has 1 heterocycles. The molecule has 0 bridgehead atoms. The van der Waals surface area contributed by atoms with E-state index in [1.807, 2.05) is 0 Å². The number of rotatable bonds is 8. The van der Waals surface area contributed by atoms with Crippen molar-refractivity contribution in [2.24, 2.45) is 0 Å². The van der Waals surface area contributed by atoms with Gasteiger partial charge >= 0.3 is 0 Å². The molecular weight excluding hydrogens is 310 g/mol. The molecule has 0 aliphatic carbocycles. The number of benzene rings is 1. The number of piperazine rings is 1. The van der Waals surface area contributed by atoms with Gasteiger partial charge < -0.3 is 15.2 Å². The molecule has 1 atom stereocenters. The summed E-state index contributed by atoms with van der Waals surface area (Å²) in [5.41, 5.74) is 0.550. The minimum absolute atomic E-state index is 0.0168. The van der Waals surface area contributed by atoms with Crippen LogP contribution in [0.2, 0.25) is 0 Å². The third-order valence-electron chi connectivity index (χ3n) is 4.55. The number of aromatic hydroxyl groups is 1. The van der Waals surface area contributed by atoms with Gasteiger partial charge in [-0.1, -0.05) is 26.2 Å². The molecule has 0 saturated carbocycles. The molecule has 0 spiro atoms. The molecule has 24 heavy (non-hydrogen) atoms. The van der Waals surface area contributed by atoms with Crippen molar-refractivity contribution in [2.75, 3.05) is 33.3 Å². The van der Waals surface area contributed by atoms with Gasteiger partial charge in [0.15, 0.2) is 11.5 Å². The molecule has 7 heteroatoms. The highest BCUT2D eigenvalue weighted by atomic mass is 16.6. The Morgan fingerprint density at radius 2 is 2.08 bits per heavy atom. The Kier molecular flexibility index (Phi) is 6.81. The molecular formula is C17H27N3O4. The van der Waals surface area contributed by atoms with Gasteiger partial charge in [0.1, 0.15) is 0 Å². The molecule has 1 fully saturated rings. The lowest BCUT2D eigenvalue weighted by Gasteiger charge is -2.35. The zero-order chi connectivity index (χ0) is 17.5. The lowest BCUT2D eigenvalue weighted by atomic mass is 9.96. The quantitative estimate of drug-likeness (QED) is 0.431. The average molecular weight is 337 g/mol. The highest BCUT2D eigenvalue weighted by molar-refractivity contribution is 5.54. The number of hydrogen-bond donors (Lipinski definition) is 2. The Labute approximate surface area is 142 Å². The van der Waals surface area contributed by atoms with Crippen molar-refractivity contribution >= 4 is 5.69 Å². The number of phenols is 1. The number of ether oxygens (including phenoxy) is 1. The molecule has 134 valence electrons. The van der Waals surface area contributed by atoms with Gasteiger partial charge in [-0.2, -0.15) is 0 Å². The van der Waals surface area contributed by atoms with E-state index in [2.05, 4.69) is 17.1 Å². The molecule has 1 saturated heterocycles. The molecule has 7 nitrogen and oxygen atoms in total. The normalized spacial score (nSPS) is 16.8. The van der Waals surface area contributed by atoms with E-state index in [4.69, 9.17) is 4.74 Å². The summed E-state index contributed by atoms with van der Waals surface area (Å²) in [4.78, 5) is 13.1. The van der Waals surface area contributed by atoms with Crippen LogP contribution in [0.15, 0.2) is 12.1 Å². The number of nitrogens with zero attached hydrogens (tertiary/aromatic N) is 2. The van der Waals surface area contributed by atoms with Crippen LogP contribution in [-0.2, 0) is 0 Å². The molecule has 1 aromatic carbocycles. The fourth-order valence-corrected chi connectivity index (χ4v) is 3.25.